The van der Waals surface area contributed by atoms with Crippen LogP contribution in [0.15, 0.2) is 35.8 Å². The number of amides is 1. The number of thiazole rings is 1. The summed E-state index contributed by atoms with van der Waals surface area (Å²) < 4.78 is 5.23. The number of carbonyl (C=O) groups excluding carboxylic acids is 1. The Morgan fingerprint density at radius 1 is 1.32 bits per heavy atom. The van der Waals surface area contributed by atoms with Gasteiger partial charge in [0.2, 0.25) is 5.91 Å². The maximum absolute atomic E-state index is 12.8. The molecule has 1 aromatic heterocycles. The van der Waals surface area contributed by atoms with E-state index in [0.717, 1.165) is 35.8 Å². The van der Waals surface area contributed by atoms with E-state index in [4.69, 9.17) is 4.74 Å². The lowest BCUT2D eigenvalue weighted by Crippen LogP contribution is -2.32. The first-order valence-corrected chi connectivity index (χ1v) is 8.30. The second-order valence-corrected chi connectivity index (χ2v) is 6.44. The molecule has 1 amide bonds. The molecule has 0 aliphatic carbocycles. The smallest absolute Gasteiger partial charge is 0.247 e. The van der Waals surface area contributed by atoms with Gasteiger partial charge in [0.15, 0.2) is 5.13 Å². The van der Waals surface area contributed by atoms with Gasteiger partial charge in [-0.3, -0.25) is 14.6 Å². The van der Waals surface area contributed by atoms with Crippen LogP contribution in [0, 0.1) is 0 Å². The monoisotopic (exact) mass is 315 g/mol. The zero-order valence-electron chi connectivity index (χ0n) is 12.3. The summed E-state index contributed by atoms with van der Waals surface area (Å²) in [7, 11) is 1.66. The van der Waals surface area contributed by atoms with E-state index >= 15 is 0 Å². The first-order chi connectivity index (χ1) is 10.8. The zero-order valence-corrected chi connectivity index (χ0v) is 13.1. The molecule has 3 heterocycles. The molecule has 0 N–H and O–H groups in total. The summed E-state index contributed by atoms with van der Waals surface area (Å²) in [5.74, 6) is 1.00. The maximum atomic E-state index is 12.8. The fourth-order valence-corrected chi connectivity index (χ4v) is 4.10. The predicted molar refractivity (Wildman–Crippen MR) is 85.1 cm³/mol. The van der Waals surface area contributed by atoms with Crippen LogP contribution >= 0.6 is 11.3 Å². The quantitative estimate of drug-likeness (QED) is 0.873. The van der Waals surface area contributed by atoms with Crippen LogP contribution < -0.4 is 9.64 Å². The number of benzene rings is 1. The standard InChI is InChI=1S/C16H17N3O2S/c1-21-12-6-4-11(5-7-12)14-18-9-2-3-13(18)15(20)19(14)16-17-8-10-22-16/h4-8,10,13-14H,2-3,9H2,1H3/t13-,14+/m0/s1. The highest BCUT2D eigenvalue weighted by Crippen LogP contribution is 2.43. The van der Waals surface area contributed by atoms with E-state index in [-0.39, 0.29) is 18.1 Å². The van der Waals surface area contributed by atoms with E-state index in [0.29, 0.717) is 0 Å². The third kappa shape index (κ3) is 2.02. The van der Waals surface area contributed by atoms with Gasteiger partial charge in [0.25, 0.3) is 0 Å². The molecule has 2 atom stereocenters. The molecule has 6 heteroatoms. The molecule has 0 bridgehead atoms. The zero-order chi connectivity index (χ0) is 15.1. The Bertz CT molecular complexity index is 671. The summed E-state index contributed by atoms with van der Waals surface area (Å²) >= 11 is 1.51. The average molecular weight is 315 g/mol. The van der Waals surface area contributed by atoms with Gasteiger partial charge in [-0.1, -0.05) is 12.1 Å². The minimum atomic E-state index is -0.0583. The van der Waals surface area contributed by atoms with Gasteiger partial charge >= 0.3 is 0 Å². The highest BCUT2D eigenvalue weighted by molar-refractivity contribution is 7.13. The average Bonchev–Trinajstić information content (AvgIpc) is 3.26. The molecule has 5 nitrogen and oxygen atoms in total. The number of methoxy groups -OCH3 is 1. The molecule has 2 fully saturated rings. The molecule has 0 radical (unpaired) electrons. The predicted octanol–water partition coefficient (Wildman–Crippen LogP) is 2.66. The van der Waals surface area contributed by atoms with Crippen molar-refractivity contribution in [3.05, 3.63) is 41.4 Å². The van der Waals surface area contributed by atoms with E-state index in [2.05, 4.69) is 9.88 Å². The number of anilines is 1. The Hall–Kier alpha value is -1.92. The maximum Gasteiger partial charge on any atom is 0.247 e. The second kappa shape index (κ2) is 5.37. The number of hydrogen-bond donors (Lipinski definition) is 0. The first kappa shape index (κ1) is 13.7. The lowest BCUT2D eigenvalue weighted by Gasteiger charge is -2.28. The normalized spacial score (nSPS) is 24.8. The summed E-state index contributed by atoms with van der Waals surface area (Å²) in [6.45, 7) is 0.953. The summed E-state index contributed by atoms with van der Waals surface area (Å²) in [6.07, 6.45) is 3.71. The highest BCUT2D eigenvalue weighted by atomic mass is 32.1. The Morgan fingerprint density at radius 2 is 2.14 bits per heavy atom. The number of fused-ring (bicyclic) bond motifs is 1. The fraction of sp³-hybridized carbons (Fsp3) is 0.375. The molecule has 114 valence electrons. The Labute approximate surface area is 133 Å². The molecule has 2 saturated heterocycles. The fourth-order valence-electron chi connectivity index (χ4n) is 3.43. The molecule has 0 unspecified atom stereocenters. The Morgan fingerprint density at radius 3 is 2.82 bits per heavy atom. The van der Waals surface area contributed by atoms with E-state index in [1.54, 1.807) is 13.3 Å². The van der Waals surface area contributed by atoms with Crippen molar-refractivity contribution in [1.82, 2.24) is 9.88 Å². The molecule has 2 aliphatic rings. The van der Waals surface area contributed by atoms with Crippen LogP contribution in [0.5, 0.6) is 5.75 Å². The van der Waals surface area contributed by atoms with Gasteiger partial charge in [0, 0.05) is 18.1 Å². The van der Waals surface area contributed by atoms with Crippen LogP contribution in [0.2, 0.25) is 0 Å². The molecular weight excluding hydrogens is 298 g/mol. The van der Waals surface area contributed by atoms with Gasteiger partial charge in [0.1, 0.15) is 11.9 Å². The lowest BCUT2D eigenvalue weighted by atomic mass is 10.1. The molecule has 22 heavy (non-hydrogen) atoms. The van der Waals surface area contributed by atoms with E-state index < -0.39 is 0 Å². The Balaban J connectivity index is 1.76. The molecule has 4 rings (SSSR count). The topological polar surface area (TPSA) is 45.7 Å². The first-order valence-electron chi connectivity index (χ1n) is 7.42. The minimum Gasteiger partial charge on any atom is -0.497 e. The van der Waals surface area contributed by atoms with Crippen LogP contribution in [0.1, 0.15) is 24.6 Å². The highest BCUT2D eigenvalue weighted by Gasteiger charge is 2.50. The third-order valence-electron chi connectivity index (χ3n) is 4.41. The van der Waals surface area contributed by atoms with Gasteiger partial charge < -0.3 is 4.74 Å². The van der Waals surface area contributed by atoms with Gasteiger partial charge in [-0.2, -0.15) is 0 Å². The molecule has 2 aliphatic heterocycles. The summed E-state index contributed by atoms with van der Waals surface area (Å²) in [4.78, 5) is 21.3. The van der Waals surface area contributed by atoms with Gasteiger partial charge in [-0.05, 0) is 30.5 Å². The molecule has 0 saturated carbocycles. The van der Waals surface area contributed by atoms with Crippen molar-refractivity contribution in [2.24, 2.45) is 0 Å². The number of nitrogens with zero attached hydrogens (tertiary/aromatic N) is 3. The molecule has 0 spiro atoms. The van der Waals surface area contributed by atoms with Gasteiger partial charge in [0.05, 0.1) is 13.2 Å². The number of ether oxygens (including phenoxy) is 1. The molecule has 1 aromatic carbocycles. The SMILES string of the molecule is COc1ccc([C@H]2N(c3nccs3)C(=O)[C@@H]3CCCN32)cc1. The number of carbonyl (C=O) groups is 1. The van der Waals surface area contributed by atoms with Crippen molar-refractivity contribution >= 4 is 22.4 Å². The molecular formula is C16H17N3O2S. The van der Waals surface area contributed by atoms with E-state index in [9.17, 15) is 4.79 Å². The largest absolute Gasteiger partial charge is 0.497 e. The lowest BCUT2D eigenvalue weighted by molar-refractivity contribution is -0.119. The molecule has 2 aromatic rings. The number of aromatic nitrogens is 1. The van der Waals surface area contributed by atoms with Crippen molar-refractivity contribution in [3.63, 3.8) is 0 Å². The van der Waals surface area contributed by atoms with Crippen LogP contribution in [0.25, 0.3) is 0 Å². The van der Waals surface area contributed by atoms with Crippen molar-refractivity contribution < 1.29 is 9.53 Å². The van der Waals surface area contributed by atoms with Gasteiger partial charge in [-0.25, -0.2) is 4.98 Å². The summed E-state index contributed by atoms with van der Waals surface area (Å²) in [5, 5.41) is 2.69. The van der Waals surface area contributed by atoms with Crippen molar-refractivity contribution in [2.75, 3.05) is 18.6 Å². The number of rotatable bonds is 3. The second-order valence-electron chi connectivity index (χ2n) is 5.57. The van der Waals surface area contributed by atoms with Crippen LogP contribution in [-0.2, 0) is 4.79 Å². The van der Waals surface area contributed by atoms with E-state index in [1.807, 2.05) is 34.5 Å². The third-order valence-corrected chi connectivity index (χ3v) is 5.19. The van der Waals surface area contributed by atoms with Crippen molar-refractivity contribution in [3.8, 4) is 5.75 Å². The summed E-state index contributed by atoms with van der Waals surface area (Å²) in [5.41, 5.74) is 1.11. The van der Waals surface area contributed by atoms with E-state index in [1.165, 1.54) is 11.3 Å². The van der Waals surface area contributed by atoms with Crippen LogP contribution in [0.4, 0.5) is 5.13 Å². The van der Waals surface area contributed by atoms with Gasteiger partial charge in [-0.15, -0.1) is 11.3 Å². The number of hydrogen-bond acceptors (Lipinski definition) is 5. The van der Waals surface area contributed by atoms with Crippen LogP contribution in [-0.4, -0.2) is 35.5 Å². The van der Waals surface area contributed by atoms with Crippen molar-refractivity contribution in [1.29, 1.82) is 0 Å². The summed E-state index contributed by atoms with van der Waals surface area (Å²) in [6, 6.07) is 7.97. The minimum absolute atomic E-state index is 0.00370. The van der Waals surface area contributed by atoms with Crippen LogP contribution in [0.3, 0.4) is 0 Å². The Kier molecular flexibility index (Phi) is 3.35. The van der Waals surface area contributed by atoms with Crippen molar-refractivity contribution in [2.45, 2.75) is 25.0 Å².